The molecule has 1 amide bonds. The summed E-state index contributed by atoms with van der Waals surface area (Å²) in [5, 5.41) is 2.85. The molecule has 138 valence electrons. The summed E-state index contributed by atoms with van der Waals surface area (Å²) in [6, 6.07) is 16.7. The second-order valence-electron chi connectivity index (χ2n) is 6.78. The molecular formula is C21H22N4O2. The SMILES string of the molecule is O=C(Cn1c(=O)c(N2CCCCC2)nc2ccccc21)Nc1ccccc1. The van der Waals surface area contributed by atoms with Crippen LogP contribution in [0.4, 0.5) is 11.5 Å². The number of hydrogen-bond acceptors (Lipinski definition) is 4. The maximum atomic E-state index is 13.1. The second kappa shape index (κ2) is 7.61. The Morgan fingerprint density at radius 2 is 1.67 bits per heavy atom. The van der Waals surface area contributed by atoms with E-state index in [4.69, 9.17) is 0 Å². The topological polar surface area (TPSA) is 67.2 Å². The van der Waals surface area contributed by atoms with Crippen molar-refractivity contribution >= 4 is 28.4 Å². The molecule has 1 aromatic heterocycles. The zero-order valence-corrected chi connectivity index (χ0v) is 15.1. The number of rotatable bonds is 4. The van der Waals surface area contributed by atoms with E-state index >= 15 is 0 Å². The van der Waals surface area contributed by atoms with Gasteiger partial charge in [0.2, 0.25) is 5.91 Å². The molecule has 1 saturated heterocycles. The van der Waals surface area contributed by atoms with Gasteiger partial charge in [-0.2, -0.15) is 0 Å². The zero-order chi connectivity index (χ0) is 18.6. The fraction of sp³-hybridized carbons (Fsp3) is 0.286. The maximum absolute atomic E-state index is 13.1. The van der Waals surface area contributed by atoms with Crippen LogP contribution in [0.1, 0.15) is 19.3 Å². The average Bonchev–Trinajstić information content (AvgIpc) is 2.71. The fourth-order valence-electron chi connectivity index (χ4n) is 3.51. The number of hydrogen-bond donors (Lipinski definition) is 1. The van der Waals surface area contributed by atoms with Gasteiger partial charge in [0.25, 0.3) is 5.56 Å². The highest BCUT2D eigenvalue weighted by Crippen LogP contribution is 2.18. The summed E-state index contributed by atoms with van der Waals surface area (Å²) < 4.78 is 1.53. The molecule has 0 atom stereocenters. The van der Waals surface area contributed by atoms with Gasteiger partial charge in [0.15, 0.2) is 5.82 Å². The number of piperidine rings is 1. The third-order valence-electron chi connectivity index (χ3n) is 4.85. The molecule has 2 heterocycles. The lowest BCUT2D eigenvalue weighted by molar-refractivity contribution is -0.116. The Bertz CT molecular complexity index is 1010. The minimum absolute atomic E-state index is 0.0440. The number of nitrogens with one attached hydrogen (secondary N) is 1. The number of anilines is 2. The first-order valence-corrected chi connectivity index (χ1v) is 9.32. The van der Waals surface area contributed by atoms with Crippen molar-refractivity contribution in [3.05, 3.63) is 65.0 Å². The van der Waals surface area contributed by atoms with Crippen LogP contribution in [0, 0.1) is 0 Å². The summed E-state index contributed by atoms with van der Waals surface area (Å²) in [6.45, 7) is 1.62. The molecular weight excluding hydrogens is 340 g/mol. The lowest BCUT2D eigenvalue weighted by Crippen LogP contribution is -2.38. The molecule has 27 heavy (non-hydrogen) atoms. The van der Waals surface area contributed by atoms with Gasteiger partial charge in [-0.3, -0.25) is 14.2 Å². The molecule has 3 aromatic rings. The number of amides is 1. The van der Waals surface area contributed by atoms with Gasteiger partial charge in [0.1, 0.15) is 6.54 Å². The molecule has 0 spiro atoms. The van der Waals surface area contributed by atoms with Crippen molar-refractivity contribution < 1.29 is 4.79 Å². The number of benzene rings is 2. The van der Waals surface area contributed by atoms with Crippen molar-refractivity contribution in [1.29, 1.82) is 0 Å². The van der Waals surface area contributed by atoms with Gasteiger partial charge >= 0.3 is 0 Å². The molecule has 1 aliphatic rings. The predicted molar refractivity (Wildman–Crippen MR) is 107 cm³/mol. The van der Waals surface area contributed by atoms with E-state index in [1.807, 2.05) is 59.5 Å². The van der Waals surface area contributed by atoms with E-state index in [9.17, 15) is 9.59 Å². The third-order valence-corrected chi connectivity index (χ3v) is 4.85. The number of para-hydroxylation sites is 3. The van der Waals surface area contributed by atoms with Gasteiger partial charge in [-0.15, -0.1) is 0 Å². The fourth-order valence-corrected chi connectivity index (χ4v) is 3.51. The van der Waals surface area contributed by atoms with Crippen molar-refractivity contribution in [3.63, 3.8) is 0 Å². The normalized spacial score (nSPS) is 14.3. The maximum Gasteiger partial charge on any atom is 0.294 e. The quantitative estimate of drug-likeness (QED) is 0.775. The van der Waals surface area contributed by atoms with Crippen molar-refractivity contribution in [1.82, 2.24) is 9.55 Å². The van der Waals surface area contributed by atoms with Crippen LogP contribution < -0.4 is 15.8 Å². The van der Waals surface area contributed by atoms with Gasteiger partial charge < -0.3 is 10.2 Å². The van der Waals surface area contributed by atoms with Crippen LogP contribution >= 0.6 is 0 Å². The van der Waals surface area contributed by atoms with E-state index in [0.29, 0.717) is 17.0 Å². The summed E-state index contributed by atoms with van der Waals surface area (Å²) >= 11 is 0. The Morgan fingerprint density at radius 3 is 2.44 bits per heavy atom. The van der Waals surface area contributed by atoms with Gasteiger partial charge in [-0.05, 0) is 43.5 Å². The minimum Gasteiger partial charge on any atom is -0.352 e. The molecule has 1 aliphatic heterocycles. The molecule has 6 nitrogen and oxygen atoms in total. The van der Waals surface area contributed by atoms with Crippen molar-refractivity contribution in [2.75, 3.05) is 23.3 Å². The summed E-state index contributed by atoms with van der Waals surface area (Å²) in [7, 11) is 0. The van der Waals surface area contributed by atoms with Gasteiger partial charge in [0, 0.05) is 18.8 Å². The van der Waals surface area contributed by atoms with E-state index in [1.54, 1.807) is 0 Å². The summed E-state index contributed by atoms with van der Waals surface area (Å²) in [6.07, 6.45) is 3.29. The second-order valence-corrected chi connectivity index (χ2v) is 6.78. The standard InChI is InChI=1S/C21H22N4O2/c26-19(22-16-9-3-1-4-10-16)15-25-18-12-6-5-11-17(18)23-20(21(25)27)24-13-7-2-8-14-24/h1,3-6,9-12H,2,7-8,13-15H2,(H,22,26). The van der Waals surface area contributed by atoms with Gasteiger partial charge in [-0.1, -0.05) is 30.3 Å². The minimum atomic E-state index is -0.232. The summed E-state index contributed by atoms with van der Waals surface area (Å²) in [5.74, 6) is 0.213. The Hall–Kier alpha value is -3.15. The third kappa shape index (κ3) is 3.69. The first-order chi connectivity index (χ1) is 13.2. The number of carbonyl (C=O) groups excluding carboxylic acids is 1. The van der Waals surface area contributed by atoms with Crippen LogP contribution in [0.5, 0.6) is 0 Å². The average molecular weight is 362 g/mol. The molecule has 0 aliphatic carbocycles. The molecule has 0 radical (unpaired) electrons. The van der Waals surface area contributed by atoms with Gasteiger partial charge in [-0.25, -0.2) is 4.98 Å². The summed E-state index contributed by atoms with van der Waals surface area (Å²) in [4.78, 5) is 32.4. The molecule has 0 bridgehead atoms. The monoisotopic (exact) mass is 362 g/mol. The van der Waals surface area contributed by atoms with Crippen LogP contribution in [-0.4, -0.2) is 28.5 Å². The Kier molecular flexibility index (Phi) is 4.87. The Balaban J connectivity index is 1.70. The van der Waals surface area contributed by atoms with E-state index in [1.165, 1.54) is 11.0 Å². The molecule has 4 rings (SSSR count). The van der Waals surface area contributed by atoms with Crippen molar-refractivity contribution in [2.24, 2.45) is 0 Å². The molecule has 0 unspecified atom stereocenters. The highest BCUT2D eigenvalue weighted by atomic mass is 16.2. The Labute approximate surface area is 157 Å². The summed E-state index contributed by atoms with van der Waals surface area (Å²) in [5.41, 5.74) is 1.90. The lowest BCUT2D eigenvalue weighted by atomic mass is 10.1. The number of carbonyl (C=O) groups is 1. The van der Waals surface area contributed by atoms with Crippen LogP contribution in [0.25, 0.3) is 11.0 Å². The van der Waals surface area contributed by atoms with Crippen LogP contribution in [0.15, 0.2) is 59.4 Å². The predicted octanol–water partition coefficient (Wildman–Crippen LogP) is 3.03. The van der Waals surface area contributed by atoms with E-state index in [2.05, 4.69) is 10.3 Å². The highest BCUT2D eigenvalue weighted by Gasteiger charge is 2.20. The molecule has 1 fully saturated rings. The van der Waals surface area contributed by atoms with Crippen molar-refractivity contribution in [3.8, 4) is 0 Å². The largest absolute Gasteiger partial charge is 0.352 e. The van der Waals surface area contributed by atoms with Gasteiger partial charge in [0.05, 0.1) is 11.0 Å². The zero-order valence-electron chi connectivity index (χ0n) is 15.1. The smallest absolute Gasteiger partial charge is 0.294 e. The highest BCUT2D eigenvalue weighted by molar-refractivity contribution is 5.91. The molecule has 6 heteroatoms. The van der Waals surface area contributed by atoms with Crippen LogP contribution in [0.3, 0.4) is 0 Å². The molecule has 1 N–H and O–H groups in total. The van der Waals surface area contributed by atoms with Crippen molar-refractivity contribution in [2.45, 2.75) is 25.8 Å². The first-order valence-electron chi connectivity index (χ1n) is 9.32. The van der Waals surface area contributed by atoms with Crippen LogP contribution in [0.2, 0.25) is 0 Å². The first kappa shape index (κ1) is 17.3. The molecule has 2 aromatic carbocycles. The van der Waals surface area contributed by atoms with E-state index < -0.39 is 0 Å². The number of nitrogens with zero attached hydrogens (tertiary/aromatic N) is 3. The lowest BCUT2D eigenvalue weighted by Gasteiger charge is -2.27. The Morgan fingerprint density at radius 1 is 0.963 bits per heavy atom. The van der Waals surface area contributed by atoms with E-state index in [-0.39, 0.29) is 18.0 Å². The number of aromatic nitrogens is 2. The van der Waals surface area contributed by atoms with Crippen LogP contribution in [-0.2, 0) is 11.3 Å². The van der Waals surface area contributed by atoms with E-state index in [0.717, 1.165) is 31.4 Å². The number of fused-ring (bicyclic) bond motifs is 1. The molecule has 0 saturated carbocycles.